The molecule has 24 heavy (non-hydrogen) atoms. The summed E-state index contributed by atoms with van der Waals surface area (Å²) >= 11 is 0. The van der Waals surface area contributed by atoms with E-state index < -0.39 is 6.10 Å². The molecule has 0 bridgehead atoms. The summed E-state index contributed by atoms with van der Waals surface area (Å²) in [4.78, 5) is 16.2. The molecule has 2 fully saturated rings. The second-order valence-corrected chi connectivity index (χ2v) is 6.70. The molecule has 1 amide bonds. The number of benzene rings is 1. The average Bonchev–Trinajstić information content (AvgIpc) is 3.39. The highest BCUT2D eigenvalue weighted by atomic mass is 16.5. The summed E-state index contributed by atoms with van der Waals surface area (Å²) in [7, 11) is 0. The smallest absolute Gasteiger partial charge is 0.234 e. The summed E-state index contributed by atoms with van der Waals surface area (Å²) in [6.07, 6.45) is 1.75. The molecule has 3 rings (SSSR count). The van der Waals surface area contributed by atoms with E-state index in [9.17, 15) is 9.90 Å². The Morgan fingerprint density at radius 2 is 1.83 bits per heavy atom. The monoisotopic (exact) mass is 333 g/mol. The molecule has 1 aromatic rings. The van der Waals surface area contributed by atoms with Crippen LogP contribution < -0.4 is 10.1 Å². The van der Waals surface area contributed by atoms with Crippen molar-refractivity contribution in [3.8, 4) is 5.75 Å². The zero-order chi connectivity index (χ0) is 16.8. The van der Waals surface area contributed by atoms with Gasteiger partial charge in [-0.15, -0.1) is 0 Å². The number of β-amino-alcohol motifs (C(OH)–C–C–N with tert-alkyl or cyclic N) is 1. The third-order valence-corrected chi connectivity index (χ3v) is 4.43. The molecule has 6 heteroatoms. The molecule has 1 unspecified atom stereocenters. The molecule has 2 aliphatic rings. The minimum absolute atomic E-state index is 0.141. The van der Waals surface area contributed by atoms with Crippen molar-refractivity contribution < 1.29 is 14.6 Å². The van der Waals surface area contributed by atoms with E-state index in [0.717, 1.165) is 44.8 Å². The zero-order valence-electron chi connectivity index (χ0n) is 14.1. The second-order valence-electron chi connectivity index (χ2n) is 6.70. The molecule has 0 spiro atoms. The van der Waals surface area contributed by atoms with Crippen LogP contribution in [0.25, 0.3) is 0 Å². The number of carbonyl (C=O) groups is 1. The van der Waals surface area contributed by atoms with Crippen LogP contribution in [0.1, 0.15) is 12.8 Å². The molecule has 1 atom stereocenters. The molecule has 0 aromatic heterocycles. The molecule has 1 aliphatic carbocycles. The highest BCUT2D eigenvalue weighted by Gasteiger charge is 2.25. The number of rotatable bonds is 8. The number of ether oxygens (including phenoxy) is 1. The van der Waals surface area contributed by atoms with Gasteiger partial charge in [0.1, 0.15) is 18.5 Å². The summed E-state index contributed by atoms with van der Waals surface area (Å²) < 4.78 is 5.59. The fourth-order valence-corrected chi connectivity index (χ4v) is 2.89. The van der Waals surface area contributed by atoms with Crippen LogP contribution in [0.15, 0.2) is 30.3 Å². The lowest BCUT2D eigenvalue weighted by Crippen LogP contribution is -2.51. The van der Waals surface area contributed by atoms with Crippen molar-refractivity contribution in [1.82, 2.24) is 15.1 Å². The fourth-order valence-electron chi connectivity index (χ4n) is 2.89. The van der Waals surface area contributed by atoms with Gasteiger partial charge in [0.05, 0.1) is 6.54 Å². The predicted octanol–water partition coefficient (Wildman–Crippen LogP) is 0.323. The number of hydrogen-bond acceptors (Lipinski definition) is 5. The Kier molecular flexibility index (Phi) is 6.07. The highest BCUT2D eigenvalue weighted by molar-refractivity contribution is 5.78. The average molecular weight is 333 g/mol. The van der Waals surface area contributed by atoms with E-state index in [2.05, 4.69) is 15.1 Å². The predicted molar refractivity (Wildman–Crippen MR) is 92.0 cm³/mol. The first-order valence-corrected chi connectivity index (χ1v) is 8.79. The summed E-state index contributed by atoms with van der Waals surface area (Å²) in [6, 6.07) is 9.98. The maximum atomic E-state index is 11.8. The molecule has 1 aromatic carbocycles. The topological polar surface area (TPSA) is 65.0 Å². The van der Waals surface area contributed by atoms with E-state index in [1.54, 1.807) is 0 Å². The minimum Gasteiger partial charge on any atom is -0.491 e. The molecular weight excluding hydrogens is 306 g/mol. The number of para-hydroxylation sites is 1. The van der Waals surface area contributed by atoms with Crippen molar-refractivity contribution in [3.63, 3.8) is 0 Å². The lowest BCUT2D eigenvalue weighted by molar-refractivity contribution is -0.122. The van der Waals surface area contributed by atoms with Gasteiger partial charge in [-0.25, -0.2) is 0 Å². The molecule has 2 N–H and O–H groups in total. The quantitative estimate of drug-likeness (QED) is 0.717. The van der Waals surface area contributed by atoms with Crippen LogP contribution >= 0.6 is 0 Å². The van der Waals surface area contributed by atoms with Gasteiger partial charge in [0.25, 0.3) is 0 Å². The number of amides is 1. The summed E-state index contributed by atoms with van der Waals surface area (Å²) in [5.41, 5.74) is 0. The van der Waals surface area contributed by atoms with Crippen molar-refractivity contribution in [3.05, 3.63) is 30.3 Å². The molecule has 1 saturated carbocycles. The Morgan fingerprint density at radius 1 is 1.17 bits per heavy atom. The number of nitrogens with zero attached hydrogens (tertiary/aromatic N) is 2. The molecule has 132 valence electrons. The van der Waals surface area contributed by atoms with Gasteiger partial charge in [0.2, 0.25) is 5.91 Å². The lowest BCUT2D eigenvalue weighted by Gasteiger charge is -2.35. The van der Waals surface area contributed by atoms with Crippen molar-refractivity contribution in [2.24, 2.45) is 0 Å². The van der Waals surface area contributed by atoms with Crippen LogP contribution in [0.2, 0.25) is 0 Å². The van der Waals surface area contributed by atoms with Gasteiger partial charge in [-0.2, -0.15) is 0 Å². The van der Waals surface area contributed by atoms with Crippen molar-refractivity contribution >= 4 is 5.91 Å². The van der Waals surface area contributed by atoms with Crippen molar-refractivity contribution in [1.29, 1.82) is 0 Å². The first kappa shape index (κ1) is 17.2. The van der Waals surface area contributed by atoms with Gasteiger partial charge < -0.3 is 15.2 Å². The SMILES string of the molecule is O=C(CN1CCN(CC(O)COc2ccccc2)CC1)NC1CC1. The van der Waals surface area contributed by atoms with Crippen molar-refractivity contribution in [2.75, 3.05) is 45.9 Å². The molecule has 6 nitrogen and oxygen atoms in total. The maximum absolute atomic E-state index is 11.8. The molecule has 1 heterocycles. The van der Waals surface area contributed by atoms with Crippen LogP contribution in [-0.2, 0) is 4.79 Å². The van der Waals surface area contributed by atoms with Crippen LogP contribution in [-0.4, -0.2) is 78.8 Å². The Hall–Kier alpha value is -1.63. The van der Waals surface area contributed by atoms with Crippen LogP contribution in [0.5, 0.6) is 5.75 Å². The van der Waals surface area contributed by atoms with E-state index in [-0.39, 0.29) is 5.91 Å². The van der Waals surface area contributed by atoms with Gasteiger partial charge in [-0.3, -0.25) is 14.6 Å². The van der Waals surface area contributed by atoms with Gasteiger partial charge in [-0.1, -0.05) is 18.2 Å². The molecule has 1 saturated heterocycles. The van der Waals surface area contributed by atoms with E-state index in [1.807, 2.05) is 30.3 Å². The summed E-state index contributed by atoms with van der Waals surface area (Å²) in [5.74, 6) is 0.922. The Morgan fingerprint density at radius 3 is 2.50 bits per heavy atom. The number of hydrogen-bond donors (Lipinski definition) is 2. The third-order valence-electron chi connectivity index (χ3n) is 4.43. The molecular formula is C18H27N3O3. The number of piperazine rings is 1. The Bertz CT molecular complexity index is 514. The summed E-state index contributed by atoms with van der Waals surface area (Å²) in [5, 5.41) is 13.2. The number of nitrogens with one attached hydrogen (secondary N) is 1. The van der Waals surface area contributed by atoms with Gasteiger partial charge in [-0.05, 0) is 25.0 Å². The standard InChI is InChI=1S/C18H27N3O3/c22-16(14-24-17-4-2-1-3-5-17)12-20-8-10-21(11-9-20)13-18(23)19-15-6-7-15/h1-5,15-16,22H,6-14H2,(H,19,23). The summed E-state index contributed by atoms with van der Waals surface area (Å²) in [6.45, 7) is 4.87. The fraction of sp³-hybridized carbons (Fsp3) is 0.611. The van der Waals surface area contributed by atoms with Crippen molar-refractivity contribution in [2.45, 2.75) is 25.0 Å². The molecule has 1 aliphatic heterocycles. The molecule has 0 radical (unpaired) electrons. The second kappa shape index (κ2) is 8.46. The minimum atomic E-state index is -0.505. The third kappa shape index (κ3) is 5.78. The van der Waals surface area contributed by atoms with Crippen LogP contribution in [0.3, 0.4) is 0 Å². The normalized spacial score (nSPS) is 20.5. The largest absolute Gasteiger partial charge is 0.491 e. The van der Waals surface area contributed by atoms with Gasteiger partial charge in [0, 0.05) is 38.8 Å². The first-order valence-electron chi connectivity index (χ1n) is 8.79. The van der Waals surface area contributed by atoms with Gasteiger partial charge >= 0.3 is 0 Å². The maximum Gasteiger partial charge on any atom is 0.234 e. The lowest BCUT2D eigenvalue weighted by atomic mass is 10.2. The number of carbonyl (C=O) groups excluding carboxylic acids is 1. The zero-order valence-corrected chi connectivity index (χ0v) is 14.1. The van der Waals surface area contributed by atoms with E-state index >= 15 is 0 Å². The van der Waals surface area contributed by atoms with E-state index in [4.69, 9.17) is 4.74 Å². The number of aliphatic hydroxyl groups is 1. The highest BCUT2D eigenvalue weighted by Crippen LogP contribution is 2.18. The van der Waals surface area contributed by atoms with E-state index in [0.29, 0.717) is 25.7 Å². The Labute approximate surface area is 143 Å². The van der Waals surface area contributed by atoms with E-state index in [1.165, 1.54) is 0 Å². The first-order chi connectivity index (χ1) is 11.7. The van der Waals surface area contributed by atoms with Crippen LogP contribution in [0, 0.1) is 0 Å². The van der Waals surface area contributed by atoms with Crippen LogP contribution in [0.4, 0.5) is 0 Å². The number of aliphatic hydroxyl groups excluding tert-OH is 1. The van der Waals surface area contributed by atoms with Gasteiger partial charge in [0.15, 0.2) is 0 Å². The Balaban J connectivity index is 1.30.